The standard InChI is InChI=1S/C19H21N3O2S/c1-14-4-5-15(2)19(12-14)25(23,24)21-16(3)17-6-8-18(9-7-17)22-11-10-20-13-22/h4-13,16,21H,1-3H3. The first-order valence-corrected chi connectivity index (χ1v) is 9.53. The van der Waals surface area contributed by atoms with Crippen LogP contribution in [-0.2, 0) is 10.0 Å². The van der Waals surface area contributed by atoms with E-state index in [4.69, 9.17) is 0 Å². The topological polar surface area (TPSA) is 64.0 Å². The minimum absolute atomic E-state index is 0.328. The molecule has 0 bridgehead atoms. The van der Waals surface area contributed by atoms with Crippen LogP contribution in [0.3, 0.4) is 0 Å². The maximum atomic E-state index is 12.7. The number of imidazole rings is 1. The van der Waals surface area contributed by atoms with Gasteiger partial charge in [-0.1, -0.05) is 24.3 Å². The number of sulfonamides is 1. The molecule has 2 aromatic carbocycles. The molecular formula is C19H21N3O2S. The molecule has 0 aliphatic carbocycles. The Bertz CT molecular complexity index is 962. The highest BCUT2D eigenvalue weighted by atomic mass is 32.2. The Labute approximate surface area is 148 Å². The molecule has 0 saturated heterocycles. The molecule has 130 valence electrons. The summed E-state index contributed by atoms with van der Waals surface area (Å²) in [5.41, 5.74) is 3.53. The average molecular weight is 355 g/mol. The second-order valence-corrected chi connectivity index (χ2v) is 7.86. The summed E-state index contributed by atoms with van der Waals surface area (Å²) >= 11 is 0. The molecule has 25 heavy (non-hydrogen) atoms. The Balaban J connectivity index is 1.81. The van der Waals surface area contributed by atoms with Gasteiger partial charge < -0.3 is 4.57 Å². The second kappa shape index (κ2) is 6.82. The second-order valence-electron chi connectivity index (χ2n) is 6.17. The van der Waals surface area contributed by atoms with E-state index in [1.165, 1.54) is 0 Å². The molecule has 1 unspecified atom stereocenters. The van der Waals surface area contributed by atoms with Crippen molar-refractivity contribution in [1.29, 1.82) is 0 Å². The Hall–Kier alpha value is -2.44. The fourth-order valence-corrected chi connectivity index (χ4v) is 4.27. The molecular weight excluding hydrogens is 334 g/mol. The van der Waals surface area contributed by atoms with Crippen molar-refractivity contribution in [2.75, 3.05) is 0 Å². The average Bonchev–Trinajstić information content (AvgIpc) is 3.11. The van der Waals surface area contributed by atoms with Crippen molar-refractivity contribution in [3.63, 3.8) is 0 Å². The van der Waals surface area contributed by atoms with Gasteiger partial charge >= 0.3 is 0 Å². The van der Waals surface area contributed by atoms with Crippen LogP contribution in [0.25, 0.3) is 5.69 Å². The van der Waals surface area contributed by atoms with E-state index in [2.05, 4.69) is 9.71 Å². The largest absolute Gasteiger partial charge is 0.306 e. The molecule has 0 aliphatic rings. The molecule has 0 radical (unpaired) electrons. The molecule has 0 saturated carbocycles. The Morgan fingerprint density at radius 2 is 1.80 bits per heavy atom. The number of nitrogens with zero attached hydrogens (tertiary/aromatic N) is 2. The van der Waals surface area contributed by atoms with Crippen LogP contribution >= 0.6 is 0 Å². The number of nitrogens with one attached hydrogen (secondary N) is 1. The number of rotatable bonds is 5. The summed E-state index contributed by atoms with van der Waals surface area (Å²) in [5, 5.41) is 0. The predicted molar refractivity (Wildman–Crippen MR) is 98.2 cm³/mol. The van der Waals surface area contributed by atoms with Gasteiger partial charge in [0, 0.05) is 24.1 Å². The summed E-state index contributed by atoms with van der Waals surface area (Å²) in [6.45, 7) is 5.53. The van der Waals surface area contributed by atoms with Crippen molar-refractivity contribution in [3.05, 3.63) is 77.9 Å². The van der Waals surface area contributed by atoms with Crippen molar-refractivity contribution in [3.8, 4) is 5.69 Å². The molecule has 0 spiro atoms. The smallest absolute Gasteiger partial charge is 0.241 e. The van der Waals surface area contributed by atoms with Gasteiger partial charge in [0.05, 0.1) is 11.2 Å². The number of aromatic nitrogens is 2. The van der Waals surface area contributed by atoms with Crippen LogP contribution < -0.4 is 4.72 Å². The molecule has 0 amide bonds. The van der Waals surface area contributed by atoms with Crippen LogP contribution in [0.1, 0.15) is 29.7 Å². The maximum Gasteiger partial charge on any atom is 0.241 e. The van der Waals surface area contributed by atoms with Gasteiger partial charge in [0.2, 0.25) is 10.0 Å². The normalized spacial score (nSPS) is 12.9. The first-order valence-electron chi connectivity index (χ1n) is 8.05. The molecule has 1 atom stereocenters. The lowest BCUT2D eigenvalue weighted by molar-refractivity contribution is 0.566. The van der Waals surface area contributed by atoms with Crippen LogP contribution in [0.15, 0.2) is 66.1 Å². The first-order chi connectivity index (χ1) is 11.9. The van der Waals surface area contributed by atoms with E-state index in [0.29, 0.717) is 4.90 Å². The van der Waals surface area contributed by atoms with Crippen molar-refractivity contribution < 1.29 is 8.42 Å². The SMILES string of the molecule is Cc1ccc(C)c(S(=O)(=O)NC(C)c2ccc(-n3ccnc3)cc2)c1. The molecule has 0 fully saturated rings. The van der Waals surface area contributed by atoms with Crippen molar-refractivity contribution in [1.82, 2.24) is 14.3 Å². The van der Waals surface area contributed by atoms with E-state index in [0.717, 1.165) is 22.4 Å². The van der Waals surface area contributed by atoms with Gasteiger partial charge in [-0.3, -0.25) is 0 Å². The highest BCUT2D eigenvalue weighted by molar-refractivity contribution is 7.89. The van der Waals surface area contributed by atoms with Gasteiger partial charge in [-0.25, -0.2) is 18.1 Å². The van der Waals surface area contributed by atoms with Gasteiger partial charge in [0.15, 0.2) is 0 Å². The highest BCUT2D eigenvalue weighted by Gasteiger charge is 2.20. The van der Waals surface area contributed by atoms with Crippen LogP contribution in [-0.4, -0.2) is 18.0 Å². The van der Waals surface area contributed by atoms with Crippen molar-refractivity contribution >= 4 is 10.0 Å². The zero-order chi connectivity index (χ0) is 18.0. The molecule has 1 heterocycles. The molecule has 0 aliphatic heterocycles. The van der Waals surface area contributed by atoms with E-state index in [1.807, 2.05) is 61.0 Å². The molecule has 3 aromatic rings. The fraction of sp³-hybridized carbons (Fsp3) is 0.211. The van der Waals surface area contributed by atoms with Gasteiger partial charge in [-0.05, 0) is 55.7 Å². The zero-order valence-corrected chi connectivity index (χ0v) is 15.3. The quantitative estimate of drug-likeness (QED) is 0.761. The van der Waals surface area contributed by atoms with E-state index in [-0.39, 0.29) is 6.04 Å². The summed E-state index contributed by atoms with van der Waals surface area (Å²) < 4.78 is 30.1. The summed E-state index contributed by atoms with van der Waals surface area (Å²) in [4.78, 5) is 4.35. The Morgan fingerprint density at radius 1 is 1.08 bits per heavy atom. The molecule has 5 nitrogen and oxygen atoms in total. The van der Waals surface area contributed by atoms with Crippen molar-refractivity contribution in [2.24, 2.45) is 0 Å². The number of aryl methyl sites for hydroxylation is 2. The third-order valence-corrected chi connectivity index (χ3v) is 5.84. The minimum atomic E-state index is -3.58. The first kappa shape index (κ1) is 17.4. The summed E-state index contributed by atoms with van der Waals surface area (Å²) in [6.07, 6.45) is 5.30. The number of hydrogen-bond donors (Lipinski definition) is 1. The van der Waals surface area contributed by atoms with Gasteiger partial charge in [-0.15, -0.1) is 0 Å². The zero-order valence-electron chi connectivity index (χ0n) is 14.5. The lowest BCUT2D eigenvalue weighted by atomic mass is 10.1. The summed E-state index contributed by atoms with van der Waals surface area (Å²) in [6, 6.07) is 12.8. The number of benzene rings is 2. The van der Waals surface area contributed by atoms with Crippen molar-refractivity contribution in [2.45, 2.75) is 31.7 Å². The van der Waals surface area contributed by atoms with E-state index in [1.54, 1.807) is 25.5 Å². The summed E-state index contributed by atoms with van der Waals surface area (Å²) in [5.74, 6) is 0. The maximum absolute atomic E-state index is 12.7. The van der Waals surface area contributed by atoms with Crippen LogP contribution in [0, 0.1) is 13.8 Å². The van der Waals surface area contributed by atoms with Gasteiger partial charge in [-0.2, -0.15) is 0 Å². The highest BCUT2D eigenvalue weighted by Crippen LogP contribution is 2.21. The third kappa shape index (κ3) is 3.81. The monoisotopic (exact) mass is 355 g/mol. The summed E-state index contributed by atoms with van der Waals surface area (Å²) in [7, 11) is -3.58. The Kier molecular flexibility index (Phi) is 4.74. The Morgan fingerprint density at radius 3 is 2.44 bits per heavy atom. The fourth-order valence-electron chi connectivity index (χ4n) is 2.71. The number of hydrogen-bond acceptors (Lipinski definition) is 3. The molecule has 3 rings (SSSR count). The van der Waals surface area contributed by atoms with E-state index in [9.17, 15) is 8.42 Å². The van der Waals surface area contributed by atoms with Crippen LogP contribution in [0.5, 0.6) is 0 Å². The van der Waals surface area contributed by atoms with Crippen LogP contribution in [0.4, 0.5) is 0 Å². The van der Waals surface area contributed by atoms with Gasteiger partial charge in [0.25, 0.3) is 0 Å². The lowest BCUT2D eigenvalue weighted by Crippen LogP contribution is -2.27. The van der Waals surface area contributed by atoms with Crippen LogP contribution in [0.2, 0.25) is 0 Å². The van der Waals surface area contributed by atoms with E-state index >= 15 is 0 Å². The lowest BCUT2D eigenvalue weighted by Gasteiger charge is -2.17. The molecule has 6 heteroatoms. The third-order valence-electron chi connectivity index (χ3n) is 4.16. The molecule has 1 aromatic heterocycles. The van der Waals surface area contributed by atoms with Gasteiger partial charge in [0.1, 0.15) is 0 Å². The minimum Gasteiger partial charge on any atom is -0.306 e. The predicted octanol–water partition coefficient (Wildman–Crippen LogP) is 3.53. The molecule has 1 N–H and O–H groups in total. The van der Waals surface area contributed by atoms with E-state index < -0.39 is 10.0 Å².